The summed E-state index contributed by atoms with van der Waals surface area (Å²) < 4.78 is 1.96. The number of hydrogen-bond acceptors (Lipinski definition) is 2. The van der Waals surface area contributed by atoms with Crippen LogP contribution in [0.15, 0.2) is 35.3 Å². The van der Waals surface area contributed by atoms with Gasteiger partial charge < -0.3 is 10.2 Å². The lowest BCUT2D eigenvalue weighted by Gasteiger charge is -2.21. The third-order valence-corrected chi connectivity index (χ3v) is 5.38. The number of hydrogen-bond donors (Lipinski definition) is 1. The van der Waals surface area contributed by atoms with Crippen molar-refractivity contribution in [3.8, 4) is 0 Å². The fourth-order valence-electron chi connectivity index (χ4n) is 3.83. The summed E-state index contributed by atoms with van der Waals surface area (Å²) in [6, 6.07) is 10.8. The Hall–Kier alpha value is -2.30. The number of aliphatic imine (C=N–C) groups is 1. The van der Waals surface area contributed by atoms with Crippen LogP contribution in [0.25, 0.3) is 0 Å². The van der Waals surface area contributed by atoms with Crippen LogP contribution >= 0.6 is 0 Å². The van der Waals surface area contributed by atoms with Crippen molar-refractivity contribution in [1.82, 2.24) is 20.0 Å². The van der Waals surface area contributed by atoms with Gasteiger partial charge in [0.1, 0.15) is 0 Å². The first-order valence-corrected chi connectivity index (χ1v) is 9.67. The topological polar surface area (TPSA) is 45.5 Å². The summed E-state index contributed by atoms with van der Waals surface area (Å²) in [7, 11) is 2.01. The van der Waals surface area contributed by atoms with Crippen molar-refractivity contribution in [2.75, 3.05) is 26.2 Å². The molecule has 0 aliphatic carbocycles. The lowest BCUT2D eigenvalue weighted by molar-refractivity contribution is 0.486. The van der Waals surface area contributed by atoms with E-state index in [1.54, 1.807) is 0 Å². The number of aromatic nitrogens is 2. The van der Waals surface area contributed by atoms with Gasteiger partial charge in [-0.1, -0.05) is 30.3 Å². The molecule has 1 aromatic carbocycles. The maximum Gasteiger partial charge on any atom is 0.193 e. The minimum atomic E-state index is 0.600. The highest BCUT2D eigenvalue weighted by molar-refractivity contribution is 5.80. The van der Waals surface area contributed by atoms with Crippen LogP contribution in [-0.2, 0) is 13.5 Å². The normalized spacial score (nSPS) is 17.8. The summed E-state index contributed by atoms with van der Waals surface area (Å²) in [5.41, 5.74) is 5.13. The predicted molar refractivity (Wildman–Crippen MR) is 108 cm³/mol. The Kier molecular flexibility index (Phi) is 5.96. The number of nitrogens with one attached hydrogen (secondary N) is 1. The van der Waals surface area contributed by atoms with E-state index in [1.807, 2.05) is 11.7 Å². The molecule has 2 heterocycles. The number of guanidine groups is 1. The van der Waals surface area contributed by atoms with Gasteiger partial charge in [0, 0.05) is 44.8 Å². The zero-order chi connectivity index (χ0) is 18.5. The van der Waals surface area contributed by atoms with Crippen LogP contribution in [-0.4, -0.2) is 46.8 Å². The minimum absolute atomic E-state index is 0.600. The van der Waals surface area contributed by atoms with E-state index in [4.69, 9.17) is 4.99 Å². The minimum Gasteiger partial charge on any atom is -0.357 e. The van der Waals surface area contributed by atoms with Crippen molar-refractivity contribution in [3.63, 3.8) is 0 Å². The maximum absolute atomic E-state index is 4.90. The fourth-order valence-corrected chi connectivity index (χ4v) is 3.83. The molecule has 1 saturated heterocycles. The van der Waals surface area contributed by atoms with Crippen molar-refractivity contribution in [1.29, 1.82) is 0 Å². The van der Waals surface area contributed by atoms with Gasteiger partial charge >= 0.3 is 0 Å². The third kappa shape index (κ3) is 4.09. The largest absolute Gasteiger partial charge is 0.357 e. The highest BCUT2D eigenvalue weighted by Gasteiger charge is 2.25. The summed E-state index contributed by atoms with van der Waals surface area (Å²) in [6.45, 7) is 10.2. The van der Waals surface area contributed by atoms with E-state index >= 15 is 0 Å². The average molecular weight is 354 g/mol. The van der Waals surface area contributed by atoms with Crippen molar-refractivity contribution in [2.24, 2.45) is 12.0 Å². The number of rotatable bonds is 5. The Morgan fingerprint density at radius 2 is 2.04 bits per heavy atom. The second-order valence-electron chi connectivity index (χ2n) is 7.10. The molecule has 0 radical (unpaired) electrons. The molecule has 5 nitrogen and oxygen atoms in total. The van der Waals surface area contributed by atoms with E-state index in [2.05, 4.69) is 66.4 Å². The lowest BCUT2D eigenvalue weighted by atomic mass is 9.99. The van der Waals surface area contributed by atoms with Gasteiger partial charge in [0.25, 0.3) is 0 Å². The Labute approximate surface area is 157 Å². The molecule has 26 heavy (non-hydrogen) atoms. The molecule has 2 aromatic rings. The average Bonchev–Trinajstić information content (AvgIpc) is 3.22. The number of aryl methyl sites for hydroxylation is 2. The summed E-state index contributed by atoms with van der Waals surface area (Å²) >= 11 is 0. The first-order chi connectivity index (χ1) is 12.6. The number of likely N-dealkylation sites (tertiary alicyclic amines) is 1. The fraction of sp³-hybridized carbons (Fsp3) is 0.524. The highest BCUT2D eigenvalue weighted by atomic mass is 15.3. The van der Waals surface area contributed by atoms with Crippen LogP contribution in [0, 0.1) is 13.8 Å². The SMILES string of the molecule is CCNC(=NCCc1c(C)nn(C)c1C)N1CCC(c2ccccc2)C1. The van der Waals surface area contributed by atoms with E-state index in [0.29, 0.717) is 5.92 Å². The third-order valence-electron chi connectivity index (χ3n) is 5.38. The Balaban J connectivity index is 1.64. The molecule has 1 aliphatic rings. The van der Waals surface area contributed by atoms with Crippen molar-refractivity contribution in [2.45, 2.75) is 39.5 Å². The molecule has 0 saturated carbocycles. The van der Waals surface area contributed by atoms with Gasteiger partial charge in [0.05, 0.1) is 5.69 Å². The Bertz CT molecular complexity index is 747. The molecule has 0 spiro atoms. The van der Waals surface area contributed by atoms with E-state index in [0.717, 1.165) is 44.3 Å². The molecule has 1 atom stereocenters. The van der Waals surface area contributed by atoms with Crippen molar-refractivity contribution < 1.29 is 0 Å². The van der Waals surface area contributed by atoms with Gasteiger partial charge in [-0.05, 0) is 44.7 Å². The number of benzene rings is 1. The lowest BCUT2D eigenvalue weighted by Crippen LogP contribution is -2.40. The van der Waals surface area contributed by atoms with Crippen molar-refractivity contribution in [3.05, 3.63) is 52.8 Å². The van der Waals surface area contributed by atoms with Crippen LogP contribution in [0.2, 0.25) is 0 Å². The van der Waals surface area contributed by atoms with Crippen LogP contribution in [0.1, 0.15) is 41.8 Å². The van der Waals surface area contributed by atoms with Crippen LogP contribution in [0.3, 0.4) is 0 Å². The quantitative estimate of drug-likeness (QED) is 0.664. The molecule has 5 heteroatoms. The molecule has 0 bridgehead atoms. The van der Waals surface area contributed by atoms with Gasteiger partial charge in [-0.2, -0.15) is 5.10 Å². The van der Waals surface area contributed by atoms with Crippen LogP contribution in [0.4, 0.5) is 0 Å². The van der Waals surface area contributed by atoms with Gasteiger partial charge in [0.15, 0.2) is 5.96 Å². The molecule has 1 N–H and O–H groups in total. The molecule has 1 aromatic heterocycles. The zero-order valence-electron chi connectivity index (χ0n) is 16.5. The monoisotopic (exact) mass is 353 g/mol. The van der Waals surface area contributed by atoms with E-state index in [-0.39, 0.29) is 0 Å². The zero-order valence-corrected chi connectivity index (χ0v) is 16.5. The van der Waals surface area contributed by atoms with E-state index in [9.17, 15) is 0 Å². The molecule has 3 rings (SSSR count). The van der Waals surface area contributed by atoms with Gasteiger partial charge in [0.2, 0.25) is 0 Å². The molecule has 1 aliphatic heterocycles. The smallest absolute Gasteiger partial charge is 0.193 e. The van der Waals surface area contributed by atoms with Crippen LogP contribution in [0.5, 0.6) is 0 Å². The summed E-state index contributed by atoms with van der Waals surface area (Å²) in [6.07, 6.45) is 2.13. The predicted octanol–water partition coefficient (Wildman–Crippen LogP) is 3.03. The molecule has 140 valence electrons. The summed E-state index contributed by atoms with van der Waals surface area (Å²) in [5.74, 6) is 1.65. The van der Waals surface area contributed by atoms with Gasteiger partial charge in [-0.3, -0.25) is 9.67 Å². The number of nitrogens with zero attached hydrogens (tertiary/aromatic N) is 4. The molecular formula is C21H31N5. The molecule has 1 fully saturated rings. The Morgan fingerprint density at radius 3 is 2.69 bits per heavy atom. The maximum atomic E-state index is 4.90. The summed E-state index contributed by atoms with van der Waals surface area (Å²) in [5, 5.41) is 7.98. The molecule has 1 unspecified atom stereocenters. The van der Waals surface area contributed by atoms with Crippen molar-refractivity contribution >= 4 is 5.96 Å². The van der Waals surface area contributed by atoms with Gasteiger partial charge in [-0.25, -0.2) is 0 Å². The summed E-state index contributed by atoms with van der Waals surface area (Å²) in [4.78, 5) is 7.31. The molecule has 0 amide bonds. The van der Waals surface area contributed by atoms with E-state index in [1.165, 1.54) is 23.2 Å². The first kappa shape index (κ1) is 18.5. The first-order valence-electron chi connectivity index (χ1n) is 9.67. The second kappa shape index (κ2) is 8.39. The van der Waals surface area contributed by atoms with Gasteiger partial charge in [-0.15, -0.1) is 0 Å². The second-order valence-corrected chi connectivity index (χ2v) is 7.10. The Morgan fingerprint density at radius 1 is 1.27 bits per heavy atom. The highest BCUT2D eigenvalue weighted by Crippen LogP contribution is 2.26. The van der Waals surface area contributed by atoms with E-state index < -0.39 is 0 Å². The van der Waals surface area contributed by atoms with Crippen LogP contribution < -0.4 is 5.32 Å². The molecular weight excluding hydrogens is 322 g/mol. The standard InChI is InChI=1S/C21H31N5/c1-5-22-21(23-13-11-20-16(2)24-25(4)17(20)3)26-14-12-19(15-26)18-9-7-6-8-10-18/h6-10,19H,5,11-15H2,1-4H3,(H,22,23).